The Labute approximate surface area is 87.6 Å². The van der Waals surface area contributed by atoms with Crippen LogP contribution in [-0.4, -0.2) is 5.11 Å². The molecule has 1 aromatic rings. The van der Waals surface area contributed by atoms with E-state index in [1.54, 1.807) is 0 Å². The van der Waals surface area contributed by atoms with Crippen molar-refractivity contribution in [1.29, 1.82) is 0 Å². The molecule has 1 rings (SSSR count). The van der Waals surface area contributed by atoms with Crippen molar-refractivity contribution in [3.8, 4) is 5.75 Å². The number of aromatic hydroxyl groups is 1. The topological polar surface area (TPSA) is 20.2 Å². The van der Waals surface area contributed by atoms with E-state index in [2.05, 4.69) is 0 Å². The molecule has 0 amide bonds. The van der Waals surface area contributed by atoms with E-state index in [0.29, 0.717) is 12.0 Å². The Morgan fingerprint density at radius 1 is 1.20 bits per heavy atom. The summed E-state index contributed by atoms with van der Waals surface area (Å²) in [5, 5.41) is 9.04. The Hall–Kier alpha value is -1.19. The van der Waals surface area contributed by atoms with Crippen LogP contribution >= 0.6 is 0 Å². The van der Waals surface area contributed by atoms with Gasteiger partial charge in [0.25, 0.3) is 0 Å². The lowest BCUT2D eigenvalue weighted by Gasteiger charge is -2.09. The SMILES string of the molecule is CC.CCc1ccc(C(F)(F)F)c(O)c1. The van der Waals surface area contributed by atoms with E-state index in [4.69, 9.17) is 5.11 Å². The molecule has 4 heteroatoms. The molecular formula is C11H15F3O. The van der Waals surface area contributed by atoms with E-state index in [0.717, 1.165) is 12.1 Å². The van der Waals surface area contributed by atoms with E-state index in [-0.39, 0.29) is 0 Å². The number of alkyl halides is 3. The third kappa shape index (κ3) is 3.81. The van der Waals surface area contributed by atoms with Gasteiger partial charge >= 0.3 is 6.18 Å². The van der Waals surface area contributed by atoms with Crippen LogP contribution in [0.15, 0.2) is 18.2 Å². The van der Waals surface area contributed by atoms with Gasteiger partial charge in [-0.15, -0.1) is 0 Å². The summed E-state index contributed by atoms with van der Waals surface area (Å²) in [6, 6.07) is 3.40. The monoisotopic (exact) mass is 220 g/mol. The summed E-state index contributed by atoms with van der Waals surface area (Å²) >= 11 is 0. The minimum absolute atomic E-state index is 0.603. The molecule has 0 spiro atoms. The molecule has 0 unspecified atom stereocenters. The zero-order valence-electron chi connectivity index (χ0n) is 9.02. The average molecular weight is 220 g/mol. The van der Waals surface area contributed by atoms with Gasteiger partial charge in [0.1, 0.15) is 5.75 Å². The number of hydrogen-bond acceptors (Lipinski definition) is 1. The van der Waals surface area contributed by atoms with Crippen LogP contribution in [0.25, 0.3) is 0 Å². The zero-order valence-corrected chi connectivity index (χ0v) is 9.02. The third-order valence-corrected chi connectivity index (χ3v) is 1.78. The van der Waals surface area contributed by atoms with Gasteiger partial charge in [-0.1, -0.05) is 26.8 Å². The molecule has 0 aromatic heterocycles. The molecule has 0 saturated heterocycles. The number of benzene rings is 1. The minimum atomic E-state index is -4.48. The molecule has 0 saturated carbocycles. The Kier molecular flexibility index (Phi) is 5.19. The lowest BCUT2D eigenvalue weighted by atomic mass is 10.1. The second kappa shape index (κ2) is 5.63. The summed E-state index contributed by atoms with van der Waals surface area (Å²) in [7, 11) is 0. The smallest absolute Gasteiger partial charge is 0.419 e. The molecule has 0 aliphatic heterocycles. The first-order valence-corrected chi connectivity index (χ1v) is 4.84. The van der Waals surface area contributed by atoms with E-state index in [9.17, 15) is 13.2 Å². The summed E-state index contributed by atoms with van der Waals surface area (Å²) in [5.74, 6) is -0.702. The molecule has 0 aliphatic rings. The van der Waals surface area contributed by atoms with E-state index in [1.807, 2.05) is 20.8 Å². The molecule has 1 nitrogen and oxygen atoms in total. The third-order valence-electron chi connectivity index (χ3n) is 1.78. The zero-order chi connectivity index (χ0) is 12.1. The van der Waals surface area contributed by atoms with Gasteiger partial charge in [-0.3, -0.25) is 0 Å². The Morgan fingerprint density at radius 2 is 1.73 bits per heavy atom. The van der Waals surface area contributed by atoms with Gasteiger partial charge in [0.2, 0.25) is 0 Å². The number of hydrogen-bond donors (Lipinski definition) is 1. The standard InChI is InChI=1S/C9H9F3O.C2H6/c1-2-6-3-4-7(8(13)5-6)9(10,11)12;1-2/h3-5,13H,2H2,1H3;1-2H3. The molecule has 0 atom stereocenters. The lowest BCUT2D eigenvalue weighted by molar-refractivity contribution is -0.138. The van der Waals surface area contributed by atoms with Crippen LogP contribution < -0.4 is 0 Å². The minimum Gasteiger partial charge on any atom is -0.507 e. The van der Waals surface area contributed by atoms with Crippen molar-refractivity contribution < 1.29 is 18.3 Å². The van der Waals surface area contributed by atoms with Gasteiger partial charge in [-0.2, -0.15) is 13.2 Å². The van der Waals surface area contributed by atoms with Crippen LogP contribution in [-0.2, 0) is 12.6 Å². The number of aryl methyl sites for hydroxylation is 1. The highest BCUT2D eigenvalue weighted by atomic mass is 19.4. The molecule has 1 N–H and O–H groups in total. The molecule has 0 aliphatic carbocycles. The van der Waals surface area contributed by atoms with Crippen LogP contribution in [0.2, 0.25) is 0 Å². The lowest BCUT2D eigenvalue weighted by Crippen LogP contribution is -2.05. The van der Waals surface area contributed by atoms with Crippen molar-refractivity contribution in [2.75, 3.05) is 0 Å². The maximum atomic E-state index is 12.1. The second-order valence-corrected chi connectivity index (χ2v) is 2.70. The fourth-order valence-electron chi connectivity index (χ4n) is 1.04. The van der Waals surface area contributed by atoms with Crippen LogP contribution in [0, 0.1) is 0 Å². The summed E-state index contributed by atoms with van der Waals surface area (Å²) in [6.07, 6.45) is -3.87. The van der Waals surface area contributed by atoms with E-state index >= 15 is 0 Å². The van der Waals surface area contributed by atoms with Crippen LogP contribution in [0.3, 0.4) is 0 Å². The van der Waals surface area contributed by atoms with Crippen molar-refractivity contribution in [3.63, 3.8) is 0 Å². The van der Waals surface area contributed by atoms with Crippen molar-refractivity contribution in [3.05, 3.63) is 29.3 Å². The summed E-state index contributed by atoms with van der Waals surface area (Å²) in [4.78, 5) is 0. The number of halogens is 3. The summed E-state index contributed by atoms with van der Waals surface area (Å²) in [5.41, 5.74) is -0.296. The van der Waals surface area contributed by atoms with Crippen molar-refractivity contribution in [2.45, 2.75) is 33.4 Å². The molecule has 0 heterocycles. The van der Waals surface area contributed by atoms with Gasteiger partial charge in [0.15, 0.2) is 0 Å². The van der Waals surface area contributed by atoms with E-state index < -0.39 is 17.5 Å². The van der Waals surface area contributed by atoms with Gasteiger partial charge in [-0.05, 0) is 24.1 Å². The maximum Gasteiger partial charge on any atom is 0.419 e. The molecule has 0 radical (unpaired) electrons. The predicted octanol–water partition coefficient (Wildman–Crippen LogP) is 4.00. The Morgan fingerprint density at radius 3 is 2.07 bits per heavy atom. The van der Waals surface area contributed by atoms with Crippen LogP contribution in [0.1, 0.15) is 31.9 Å². The van der Waals surface area contributed by atoms with Gasteiger partial charge < -0.3 is 5.11 Å². The maximum absolute atomic E-state index is 12.1. The Balaban J connectivity index is 0.000000921. The highest BCUT2D eigenvalue weighted by Gasteiger charge is 2.33. The summed E-state index contributed by atoms with van der Waals surface area (Å²) in [6.45, 7) is 5.81. The summed E-state index contributed by atoms with van der Waals surface area (Å²) < 4.78 is 36.4. The molecule has 0 fully saturated rings. The highest BCUT2D eigenvalue weighted by molar-refractivity contribution is 5.38. The quantitative estimate of drug-likeness (QED) is 0.758. The van der Waals surface area contributed by atoms with Gasteiger partial charge in [-0.25, -0.2) is 0 Å². The molecule has 0 bridgehead atoms. The number of rotatable bonds is 1. The van der Waals surface area contributed by atoms with Gasteiger partial charge in [0.05, 0.1) is 5.56 Å². The first-order chi connectivity index (χ1) is 6.95. The van der Waals surface area contributed by atoms with Crippen LogP contribution in [0.4, 0.5) is 13.2 Å². The predicted molar refractivity (Wildman–Crippen MR) is 53.8 cm³/mol. The van der Waals surface area contributed by atoms with E-state index in [1.165, 1.54) is 6.07 Å². The first-order valence-electron chi connectivity index (χ1n) is 4.84. The fourth-order valence-corrected chi connectivity index (χ4v) is 1.04. The fraction of sp³-hybridized carbons (Fsp3) is 0.455. The van der Waals surface area contributed by atoms with Crippen molar-refractivity contribution in [2.24, 2.45) is 0 Å². The highest BCUT2D eigenvalue weighted by Crippen LogP contribution is 2.35. The largest absolute Gasteiger partial charge is 0.507 e. The normalized spacial score (nSPS) is 10.5. The molecule has 86 valence electrons. The molecular weight excluding hydrogens is 205 g/mol. The second-order valence-electron chi connectivity index (χ2n) is 2.70. The van der Waals surface area contributed by atoms with Crippen molar-refractivity contribution in [1.82, 2.24) is 0 Å². The molecule has 15 heavy (non-hydrogen) atoms. The number of phenols is 1. The average Bonchev–Trinajstić information content (AvgIpc) is 2.18. The van der Waals surface area contributed by atoms with Gasteiger partial charge in [0, 0.05) is 0 Å². The molecule has 1 aromatic carbocycles. The Bertz CT molecular complexity index is 305. The number of phenolic OH excluding ortho intramolecular Hbond substituents is 1. The van der Waals surface area contributed by atoms with Crippen molar-refractivity contribution >= 4 is 0 Å². The first kappa shape index (κ1) is 13.8. The van der Waals surface area contributed by atoms with Crippen LogP contribution in [0.5, 0.6) is 5.75 Å².